The van der Waals surface area contributed by atoms with E-state index in [0.717, 1.165) is 24.0 Å². The van der Waals surface area contributed by atoms with Gasteiger partial charge < -0.3 is 19.4 Å². The van der Waals surface area contributed by atoms with Crippen LogP contribution in [0.1, 0.15) is 60.0 Å². The van der Waals surface area contributed by atoms with Crippen molar-refractivity contribution in [2.45, 2.75) is 55.6 Å². The highest BCUT2D eigenvalue weighted by atomic mass is 16.5. The number of methoxy groups -OCH3 is 1. The van der Waals surface area contributed by atoms with E-state index in [1.165, 1.54) is 19.6 Å². The van der Waals surface area contributed by atoms with Crippen LogP contribution in [0, 0.1) is 5.92 Å². The molecule has 0 radical (unpaired) electrons. The van der Waals surface area contributed by atoms with E-state index in [-0.39, 0.29) is 23.2 Å². The lowest BCUT2D eigenvalue weighted by atomic mass is 9.49. The molecule has 1 saturated carbocycles. The molecule has 2 aliphatic carbocycles. The van der Waals surface area contributed by atoms with E-state index in [2.05, 4.69) is 11.6 Å². The highest BCUT2D eigenvalue weighted by molar-refractivity contribution is 5.89. The lowest BCUT2D eigenvalue weighted by molar-refractivity contribution is -0.214. The maximum absolute atomic E-state index is 12.0. The predicted octanol–water partition coefficient (Wildman–Crippen LogP) is 3.27. The Bertz CT molecular complexity index is 935. The van der Waals surface area contributed by atoms with Crippen LogP contribution >= 0.6 is 0 Å². The number of oxazole rings is 1. The van der Waals surface area contributed by atoms with E-state index in [4.69, 9.17) is 9.15 Å². The molecule has 6 heteroatoms. The fourth-order valence-corrected chi connectivity index (χ4v) is 5.58. The molecular formula is C23H27NO5. The normalized spacial score (nSPS) is 33.4. The highest BCUT2D eigenvalue weighted by Gasteiger charge is 2.63. The Balaban J connectivity index is 1.82. The zero-order valence-electron chi connectivity index (χ0n) is 16.9. The highest BCUT2D eigenvalue weighted by Crippen LogP contribution is 2.59. The summed E-state index contributed by atoms with van der Waals surface area (Å²) in [5, 5.41) is 22.9. The number of carbonyl (C=O) groups is 1. The lowest BCUT2D eigenvalue weighted by Crippen LogP contribution is -2.62. The number of hydrogen-bond acceptors (Lipinski definition) is 6. The number of carbonyl (C=O) groups excluding carboxylic acids is 1. The third kappa shape index (κ3) is 2.85. The molecule has 6 nitrogen and oxygen atoms in total. The topological polar surface area (TPSA) is 92.8 Å². The molecule has 0 saturated heterocycles. The van der Waals surface area contributed by atoms with Crippen LogP contribution in [0.4, 0.5) is 0 Å². The van der Waals surface area contributed by atoms with Crippen molar-refractivity contribution in [1.82, 2.24) is 4.98 Å². The number of nitrogens with zero attached hydrogens (tertiary/aromatic N) is 1. The molecule has 1 aromatic carbocycles. The van der Waals surface area contributed by atoms with Gasteiger partial charge in [0.25, 0.3) is 0 Å². The van der Waals surface area contributed by atoms with Gasteiger partial charge in [-0.1, -0.05) is 12.1 Å². The lowest BCUT2D eigenvalue weighted by Gasteiger charge is -2.57. The maximum Gasteiger partial charge on any atom is 0.337 e. The minimum Gasteiger partial charge on any atom is -0.465 e. The Labute approximate surface area is 170 Å². The first-order valence-electron chi connectivity index (χ1n) is 9.95. The number of aryl methyl sites for hydroxylation is 1. The Morgan fingerprint density at radius 3 is 2.90 bits per heavy atom. The minimum atomic E-state index is -1.56. The van der Waals surface area contributed by atoms with Crippen molar-refractivity contribution < 1.29 is 24.2 Å². The van der Waals surface area contributed by atoms with Crippen LogP contribution in [0.15, 0.2) is 47.7 Å². The fourth-order valence-electron chi connectivity index (χ4n) is 5.58. The van der Waals surface area contributed by atoms with Crippen molar-refractivity contribution in [2.24, 2.45) is 5.92 Å². The molecule has 2 N–H and O–H groups in total. The second-order valence-corrected chi connectivity index (χ2v) is 8.60. The number of esters is 1. The number of aliphatic hydroxyl groups is 2. The van der Waals surface area contributed by atoms with Crippen LogP contribution in [0.3, 0.4) is 0 Å². The first kappa shape index (κ1) is 19.9. The summed E-state index contributed by atoms with van der Waals surface area (Å²) in [4.78, 5) is 16.1. The Morgan fingerprint density at radius 1 is 1.45 bits per heavy atom. The van der Waals surface area contributed by atoms with Gasteiger partial charge in [-0.3, -0.25) is 0 Å². The van der Waals surface area contributed by atoms with Crippen molar-refractivity contribution in [1.29, 1.82) is 0 Å². The van der Waals surface area contributed by atoms with Gasteiger partial charge in [-0.05, 0) is 68.2 Å². The maximum atomic E-state index is 12.0. The molecule has 0 amide bonds. The summed E-state index contributed by atoms with van der Waals surface area (Å²) < 4.78 is 10.3. The molecule has 4 unspecified atom stereocenters. The fraction of sp³-hybridized carbons (Fsp3) is 0.478. The van der Waals surface area contributed by atoms with Gasteiger partial charge in [-0.25, -0.2) is 9.78 Å². The molecular weight excluding hydrogens is 370 g/mol. The number of benzene rings is 1. The van der Waals surface area contributed by atoms with Gasteiger partial charge in [0.2, 0.25) is 5.89 Å². The molecule has 4 atom stereocenters. The number of fused-ring (bicyclic) bond motifs is 3. The zero-order chi connectivity index (χ0) is 20.9. The van der Waals surface area contributed by atoms with Crippen LogP contribution in [0.25, 0.3) is 0 Å². The van der Waals surface area contributed by atoms with Crippen LogP contribution in [-0.4, -0.2) is 33.9 Å². The molecule has 0 aliphatic heterocycles. The van der Waals surface area contributed by atoms with Gasteiger partial charge in [0.15, 0.2) is 5.60 Å². The number of allylic oxidation sites excluding steroid dienone is 1. The number of ether oxygens (including phenoxy) is 1. The van der Waals surface area contributed by atoms with E-state index in [1.807, 2.05) is 18.2 Å². The average molecular weight is 397 g/mol. The monoisotopic (exact) mass is 397 g/mol. The zero-order valence-corrected chi connectivity index (χ0v) is 16.9. The molecule has 1 heterocycles. The molecule has 0 spiro atoms. The van der Waals surface area contributed by atoms with E-state index in [1.54, 1.807) is 13.0 Å². The molecule has 2 aliphatic rings. The number of aromatic nitrogens is 1. The molecule has 2 aromatic rings. The smallest absolute Gasteiger partial charge is 0.337 e. The molecule has 1 aromatic heterocycles. The van der Waals surface area contributed by atoms with Gasteiger partial charge in [0.05, 0.1) is 18.9 Å². The van der Waals surface area contributed by atoms with Crippen LogP contribution in [0.2, 0.25) is 0 Å². The molecule has 1 fully saturated rings. The van der Waals surface area contributed by atoms with Crippen molar-refractivity contribution in [3.63, 3.8) is 0 Å². The molecule has 29 heavy (non-hydrogen) atoms. The van der Waals surface area contributed by atoms with Gasteiger partial charge in [0.1, 0.15) is 11.9 Å². The van der Waals surface area contributed by atoms with Crippen LogP contribution in [0.5, 0.6) is 0 Å². The summed E-state index contributed by atoms with van der Waals surface area (Å²) >= 11 is 0. The quantitative estimate of drug-likeness (QED) is 0.608. The Morgan fingerprint density at radius 2 is 2.24 bits per heavy atom. The Hall–Kier alpha value is -2.44. The second kappa shape index (κ2) is 6.82. The Kier molecular flexibility index (Phi) is 4.67. The second-order valence-electron chi connectivity index (χ2n) is 8.60. The summed E-state index contributed by atoms with van der Waals surface area (Å²) in [6.07, 6.45) is 7.73. The minimum absolute atomic E-state index is 0.106. The third-order valence-corrected chi connectivity index (χ3v) is 6.99. The number of hydrogen-bond donors (Lipinski definition) is 2. The van der Waals surface area contributed by atoms with Crippen molar-refractivity contribution in [2.75, 3.05) is 7.11 Å². The van der Waals surface area contributed by atoms with E-state index in [9.17, 15) is 15.0 Å². The van der Waals surface area contributed by atoms with E-state index < -0.39 is 11.2 Å². The standard InChI is InChI=1S/C23H27NO5/c1-4-9-22-14-21(2,26)23(27,20-24-10-11-29-20)13-17(22)7-5-15-12-16(19(25)28-3)6-8-18(15)22/h4,6,8,10-12,17,26-27H,1,5,7,9,13-14H2,2-3H3. The van der Waals surface area contributed by atoms with Crippen molar-refractivity contribution in [3.8, 4) is 0 Å². The summed E-state index contributed by atoms with van der Waals surface area (Å²) in [5.74, 6) is -0.0998. The largest absolute Gasteiger partial charge is 0.465 e. The first-order chi connectivity index (χ1) is 13.8. The van der Waals surface area contributed by atoms with Gasteiger partial charge in [-0.2, -0.15) is 0 Å². The van der Waals surface area contributed by atoms with Crippen molar-refractivity contribution in [3.05, 3.63) is 65.9 Å². The third-order valence-electron chi connectivity index (χ3n) is 6.99. The summed E-state index contributed by atoms with van der Waals surface area (Å²) in [5.41, 5.74) is -0.675. The van der Waals surface area contributed by atoms with Crippen LogP contribution < -0.4 is 0 Å². The van der Waals surface area contributed by atoms with Crippen LogP contribution in [-0.2, 0) is 22.2 Å². The summed E-state index contributed by atoms with van der Waals surface area (Å²) in [7, 11) is 1.37. The first-order valence-corrected chi connectivity index (χ1v) is 9.95. The van der Waals surface area contributed by atoms with Gasteiger partial charge in [0, 0.05) is 5.41 Å². The summed E-state index contributed by atoms with van der Waals surface area (Å²) in [6.45, 7) is 5.61. The van der Waals surface area contributed by atoms with E-state index in [0.29, 0.717) is 24.8 Å². The predicted molar refractivity (Wildman–Crippen MR) is 106 cm³/mol. The summed E-state index contributed by atoms with van der Waals surface area (Å²) in [6, 6.07) is 5.65. The molecule has 4 rings (SSSR count). The average Bonchev–Trinajstić information content (AvgIpc) is 3.23. The van der Waals surface area contributed by atoms with Gasteiger partial charge in [-0.15, -0.1) is 6.58 Å². The molecule has 154 valence electrons. The SMILES string of the molecule is C=CCC12CC(C)(O)C(O)(c3ncco3)CC1CCc1cc(C(=O)OC)ccc12. The van der Waals surface area contributed by atoms with E-state index >= 15 is 0 Å². The molecule has 0 bridgehead atoms. The van der Waals surface area contributed by atoms with Gasteiger partial charge >= 0.3 is 5.97 Å². The van der Waals surface area contributed by atoms with Crippen molar-refractivity contribution >= 4 is 5.97 Å². The number of rotatable bonds is 4.